The van der Waals surface area contributed by atoms with Crippen molar-refractivity contribution in [1.82, 2.24) is 9.80 Å². The average molecular weight is 244 g/mol. The summed E-state index contributed by atoms with van der Waals surface area (Å²) in [6.07, 6.45) is 0. The first kappa shape index (κ1) is 15.7. The van der Waals surface area contributed by atoms with E-state index in [1.165, 1.54) is 0 Å². The fraction of sp³-hybridized carbons (Fsp3) is 0.833. The molecular weight excluding hydrogens is 220 g/mol. The number of hydrogen-bond acceptors (Lipinski definition) is 2. The minimum absolute atomic E-state index is 0.102. The maximum Gasteiger partial charge on any atom is 0.319 e. The molecule has 0 aromatic heterocycles. The Labute approximate surface area is 103 Å². The van der Waals surface area contributed by atoms with Gasteiger partial charge in [0.1, 0.15) is 0 Å². The Kier molecular flexibility index (Phi) is 6.61. The molecule has 0 aliphatic rings. The van der Waals surface area contributed by atoms with Crippen LogP contribution in [0, 0.1) is 11.8 Å². The molecule has 5 nitrogen and oxygen atoms in total. The van der Waals surface area contributed by atoms with Gasteiger partial charge in [0.15, 0.2) is 0 Å². The molecule has 0 spiro atoms. The molecule has 0 heterocycles. The molecule has 0 aromatic rings. The van der Waals surface area contributed by atoms with Gasteiger partial charge < -0.3 is 14.9 Å². The minimum Gasteiger partial charge on any atom is -0.481 e. The van der Waals surface area contributed by atoms with E-state index in [4.69, 9.17) is 5.11 Å². The molecule has 1 unspecified atom stereocenters. The number of carboxylic acids is 1. The average Bonchev–Trinajstić information content (AvgIpc) is 2.23. The first-order valence-corrected chi connectivity index (χ1v) is 6.02. The maximum atomic E-state index is 12.0. The molecule has 5 heteroatoms. The van der Waals surface area contributed by atoms with Crippen molar-refractivity contribution < 1.29 is 14.7 Å². The molecule has 2 amide bonds. The van der Waals surface area contributed by atoms with E-state index < -0.39 is 11.9 Å². The van der Waals surface area contributed by atoms with Crippen molar-refractivity contribution in [1.29, 1.82) is 0 Å². The highest BCUT2D eigenvalue weighted by Gasteiger charge is 2.21. The summed E-state index contributed by atoms with van der Waals surface area (Å²) in [5.74, 6) is -1.01. The third kappa shape index (κ3) is 5.56. The Bertz CT molecular complexity index is 266. The summed E-state index contributed by atoms with van der Waals surface area (Å²) in [6.45, 7) is 9.01. The van der Waals surface area contributed by atoms with E-state index in [1.54, 1.807) is 23.8 Å². The number of carbonyl (C=O) groups excluding carboxylic acids is 1. The van der Waals surface area contributed by atoms with Gasteiger partial charge in [-0.3, -0.25) is 4.79 Å². The fourth-order valence-corrected chi connectivity index (χ4v) is 1.62. The van der Waals surface area contributed by atoms with Crippen molar-refractivity contribution in [2.75, 3.05) is 26.7 Å². The van der Waals surface area contributed by atoms with Crippen LogP contribution in [0.3, 0.4) is 0 Å². The topological polar surface area (TPSA) is 60.9 Å². The minimum atomic E-state index is -0.872. The van der Waals surface area contributed by atoms with Gasteiger partial charge in [0.25, 0.3) is 0 Å². The quantitative estimate of drug-likeness (QED) is 0.774. The highest BCUT2D eigenvalue weighted by molar-refractivity contribution is 5.75. The van der Waals surface area contributed by atoms with Crippen LogP contribution in [0.4, 0.5) is 4.79 Å². The number of rotatable bonds is 6. The van der Waals surface area contributed by atoms with Crippen LogP contribution in [0.15, 0.2) is 0 Å². The number of nitrogens with zero attached hydrogens (tertiary/aromatic N) is 2. The van der Waals surface area contributed by atoms with Gasteiger partial charge in [0.05, 0.1) is 5.92 Å². The lowest BCUT2D eigenvalue weighted by Crippen LogP contribution is -2.45. The van der Waals surface area contributed by atoms with Gasteiger partial charge in [0, 0.05) is 26.7 Å². The number of aliphatic carboxylic acids is 1. The molecule has 0 aromatic carbocycles. The molecule has 0 fully saturated rings. The van der Waals surface area contributed by atoms with E-state index in [9.17, 15) is 9.59 Å². The maximum absolute atomic E-state index is 12.0. The van der Waals surface area contributed by atoms with Crippen molar-refractivity contribution in [2.24, 2.45) is 11.8 Å². The van der Waals surface area contributed by atoms with Crippen molar-refractivity contribution in [3.8, 4) is 0 Å². The third-order valence-electron chi connectivity index (χ3n) is 2.53. The van der Waals surface area contributed by atoms with Crippen LogP contribution in [0.1, 0.15) is 27.7 Å². The summed E-state index contributed by atoms with van der Waals surface area (Å²) in [6, 6.07) is -0.102. The van der Waals surface area contributed by atoms with Crippen molar-refractivity contribution >= 4 is 12.0 Å². The summed E-state index contributed by atoms with van der Waals surface area (Å²) in [5, 5.41) is 8.84. The van der Waals surface area contributed by atoms with Crippen molar-refractivity contribution in [2.45, 2.75) is 27.7 Å². The van der Waals surface area contributed by atoms with Gasteiger partial charge >= 0.3 is 12.0 Å². The second-order valence-corrected chi connectivity index (χ2v) is 4.83. The fourth-order valence-electron chi connectivity index (χ4n) is 1.62. The Hall–Kier alpha value is -1.26. The number of urea groups is 1. The molecule has 100 valence electrons. The van der Waals surface area contributed by atoms with Crippen molar-refractivity contribution in [3.63, 3.8) is 0 Å². The van der Waals surface area contributed by atoms with E-state index in [-0.39, 0.29) is 12.6 Å². The van der Waals surface area contributed by atoms with Gasteiger partial charge in [-0.05, 0) is 12.8 Å². The Morgan fingerprint density at radius 3 is 2.06 bits per heavy atom. The monoisotopic (exact) mass is 244 g/mol. The molecular formula is C12H24N2O3. The van der Waals surface area contributed by atoms with Crippen molar-refractivity contribution in [3.05, 3.63) is 0 Å². The summed E-state index contributed by atoms with van der Waals surface area (Å²) >= 11 is 0. The Balaban J connectivity index is 4.44. The highest BCUT2D eigenvalue weighted by Crippen LogP contribution is 2.05. The van der Waals surface area contributed by atoms with Crippen LogP contribution in [0.25, 0.3) is 0 Å². The summed E-state index contributed by atoms with van der Waals surface area (Å²) in [4.78, 5) is 26.0. The van der Waals surface area contributed by atoms with Crippen LogP contribution < -0.4 is 0 Å². The Morgan fingerprint density at radius 2 is 1.71 bits per heavy atom. The van der Waals surface area contributed by atoms with Crippen LogP contribution in [0.5, 0.6) is 0 Å². The van der Waals surface area contributed by atoms with Gasteiger partial charge in [-0.1, -0.05) is 20.8 Å². The van der Waals surface area contributed by atoms with Gasteiger partial charge in [0.2, 0.25) is 0 Å². The SMILES string of the molecule is CCN(CC(C)C(=O)O)C(=O)N(C)CC(C)C. The molecule has 1 N–H and O–H groups in total. The van der Waals surface area contributed by atoms with Crippen LogP contribution in [-0.2, 0) is 4.79 Å². The number of amides is 2. The van der Waals surface area contributed by atoms with Crippen LogP contribution in [0.2, 0.25) is 0 Å². The first-order valence-electron chi connectivity index (χ1n) is 6.02. The smallest absolute Gasteiger partial charge is 0.319 e. The second kappa shape index (κ2) is 7.14. The molecule has 17 heavy (non-hydrogen) atoms. The molecule has 1 atom stereocenters. The first-order chi connectivity index (χ1) is 7.79. The van der Waals surface area contributed by atoms with E-state index >= 15 is 0 Å². The Morgan fingerprint density at radius 1 is 1.18 bits per heavy atom. The standard InChI is InChI=1S/C12H24N2O3/c1-6-14(8-10(4)11(15)16)12(17)13(5)7-9(2)3/h9-10H,6-8H2,1-5H3,(H,15,16). The lowest BCUT2D eigenvalue weighted by molar-refractivity contribution is -0.141. The van der Waals surface area contributed by atoms with Crippen LogP contribution in [-0.4, -0.2) is 53.6 Å². The zero-order valence-electron chi connectivity index (χ0n) is 11.4. The lowest BCUT2D eigenvalue weighted by atomic mass is 10.1. The van der Waals surface area contributed by atoms with E-state index in [1.807, 2.05) is 20.8 Å². The normalized spacial score (nSPS) is 12.4. The number of hydrogen-bond donors (Lipinski definition) is 1. The highest BCUT2D eigenvalue weighted by atomic mass is 16.4. The van der Waals surface area contributed by atoms with E-state index in [0.29, 0.717) is 19.0 Å². The molecule has 0 rings (SSSR count). The lowest BCUT2D eigenvalue weighted by Gasteiger charge is -2.29. The molecule has 0 saturated heterocycles. The van der Waals surface area contributed by atoms with Gasteiger partial charge in [-0.2, -0.15) is 0 Å². The van der Waals surface area contributed by atoms with Gasteiger partial charge in [-0.15, -0.1) is 0 Å². The van der Waals surface area contributed by atoms with E-state index in [0.717, 1.165) is 0 Å². The largest absolute Gasteiger partial charge is 0.481 e. The third-order valence-corrected chi connectivity index (χ3v) is 2.53. The summed E-state index contributed by atoms with van der Waals surface area (Å²) in [7, 11) is 1.75. The molecule has 0 saturated carbocycles. The molecule has 0 radical (unpaired) electrons. The molecule has 0 aliphatic carbocycles. The molecule has 0 aliphatic heterocycles. The molecule has 0 bridgehead atoms. The van der Waals surface area contributed by atoms with Gasteiger partial charge in [-0.25, -0.2) is 4.79 Å². The number of carboxylic acid groups (broad SMARTS) is 1. The summed E-state index contributed by atoms with van der Waals surface area (Å²) in [5.41, 5.74) is 0. The number of carbonyl (C=O) groups is 2. The van der Waals surface area contributed by atoms with E-state index in [2.05, 4.69) is 0 Å². The predicted molar refractivity (Wildman–Crippen MR) is 66.9 cm³/mol. The zero-order chi connectivity index (χ0) is 13.6. The van der Waals surface area contributed by atoms with Crippen LogP contribution >= 0.6 is 0 Å². The predicted octanol–water partition coefficient (Wildman–Crippen LogP) is 1.74. The zero-order valence-corrected chi connectivity index (χ0v) is 11.4. The summed E-state index contributed by atoms with van der Waals surface area (Å²) < 4.78 is 0. The second-order valence-electron chi connectivity index (χ2n) is 4.83.